The number of carbonyl (C=O) groups excluding carboxylic acids is 2. The Balaban J connectivity index is 0.0000000946. The lowest BCUT2D eigenvalue weighted by Gasteiger charge is -2.39. The van der Waals surface area contributed by atoms with E-state index in [1.807, 2.05) is 0 Å². The lowest BCUT2D eigenvalue weighted by molar-refractivity contribution is -0.149. The van der Waals surface area contributed by atoms with Gasteiger partial charge in [0.05, 0.1) is 24.9 Å². The molecule has 16 aliphatic rings. The van der Waals surface area contributed by atoms with Gasteiger partial charge in [-0.2, -0.15) is 0 Å². The van der Waals surface area contributed by atoms with E-state index < -0.39 is 0 Å². The third-order valence-electron chi connectivity index (χ3n) is 26.6. The summed E-state index contributed by atoms with van der Waals surface area (Å²) in [5, 5.41) is 38.3. The van der Waals surface area contributed by atoms with E-state index in [9.17, 15) is 24.9 Å². The van der Waals surface area contributed by atoms with Crippen molar-refractivity contribution in [1.82, 2.24) is 0 Å². The highest BCUT2D eigenvalue weighted by Crippen LogP contribution is 2.69. The molecule has 16 rings (SSSR count). The highest BCUT2D eigenvalue weighted by molar-refractivity contribution is 5.66. The van der Waals surface area contributed by atoms with Crippen LogP contribution in [-0.4, -0.2) is 70.0 Å². The first-order valence-electron chi connectivity index (χ1n) is 31.9. The quantitative estimate of drug-likeness (QED) is 0.162. The average Bonchev–Trinajstić information content (AvgIpc) is 4.14. The zero-order valence-electron chi connectivity index (χ0n) is 47.2. The summed E-state index contributed by atoms with van der Waals surface area (Å²) in [6.45, 7) is 18.4. The molecule has 4 N–H and O–H groups in total. The molecule has 73 heavy (non-hydrogen) atoms. The van der Waals surface area contributed by atoms with Crippen molar-refractivity contribution in [1.29, 1.82) is 0 Å². The number of carbonyl (C=O) groups is 2. The van der Waals surface area contributed by atoms with E-state index in [1.54, 1.807) is 0 Å². The average molecular weight is 1020 g/mol. The van der Waals surface area contributed by atoms with E-state index in [0.29, 0.717) is 42.8 Å². The molecule has 8 heteroatoms. The molecule has 14 bridgehead atoms. The fraction of sp³-hybridized carbons (Fsp3) is 0.969. The number of aliphatic hydroxyl groups excluding tert-OH is 4. The number of ether oxygens (including phenoxy) is 2. The molecule has 0 spiro atoms. The molecule has 0 aromatic rings. The van der Waals surface area contributed by atoms with Crippen molar-refractivity contribution in [2.75, 3.05) is 13.2 Å². The molecule has 0 radical (unpaired) electrons. The van der Waals surface area contributed by atoms with Gasteiger partial charge in [-0.1, -0.05) is 48.0 Å². The summed E-state index contributed by atoms with van der Waals surface area (Å²) in [5.74, 6) is 24.8. The first-order chi connectivity index (χ1) is 34.9. The van der Waals surface area contributed by atoms with Gasteiger partial charge in [0.25, 0.3) is 0 Å². The van der Waals surface area contributed by atoms with Crippen molar-refractivity contribution in [2.45, 2.75) is 215 Å². The summed E-state index contributed by atoms with van der Waals surface area (Å²) in [7, 11) is 0. The van der Waals surface area contributed by atoms with Crippen molar-refractivity contribution in [3.63, 3.8) is 0 Å². The van der Waals surface area contributed by atoms with Crippen LogP contribution in [0.1, 0.15) is 190 Å². The number of rotatable bonds is 4. The van der Waals surface area contributed by atoms with Gasteiger partial charge in [0, 0.05) is 20.5 Å². The highest BCUT2D eigenvalue weighted by Gasteiger charge is 2.64. The topological polar surface area (TPSA) is 134 Å². The predicted octanol–water partition coefficient (Wildman–Crippen LogP) is 12.3. The Morgan fingerprint density at radius 3 is 1.48 bits per heavy atom. The van der Waals surface area contributed by atoms with Crippen LogP contribution in [0.15, 0.2) is 0 Å². The van der Waals surface area contributed by atoms with E-state index in [0.717, 1.165) is 168 Å². The Labute approximate surface area is 443 Å². The maximum Gasteiger partial charge on any atom is 0.302 e. The molecule has 0 aromatic heterocycles. The summed E-state index contributed by atoms with van der Waals surface area (Å²) in [5.41, 5.74) is 0. The van der Waals surface area contributed by atoms with E-state index in [-0.39, 0.29) is 36.4 Å². The minimum atomic E-state index is -0.129. The summed E-state index contributed by atoms with van der Waals surface area (Å²) in [6, 6.07) is 0. The van der Waals surface area contributed by atoms with Gasteiger partial charge < -0.3 is 29.9 Å². The summed E-state index contributed by atoms with van der Waals surface area (Å²) >= 11 is 0. The van der Waals surface area contributed by atoms with Crippen LogP contribution in [-0.2, 0) is 19.1 Å². The molecular weight excluding hydrogens is 909 g/mol. The molecule has 32 atom stereocenters. The summed E-state index contributed by atoms with van der Waals surface area (Å²) < 4.78 is 10.3. The Morgan fingerprint density at radius 2 is 0.890 bits per heavy atom. The first-order valence-corrected chi connectivity index (χ1v) is 31.9. The molecular formula is C65H106O8. The number of hydrogen-bond acceptors (Lipinski definition) is 8. The Morgan fingerprint density at radius 1 is 0.384 bits per heavy atom. The zero-order valence-corrected chi connectivity index (χ0v) is 47.2. The van der Waals surface area contributed by atoms with Gasteiger partial charge in [-0.3, -0.25) is 9.59 Å². The third kappa shape index (κ3) is 10.5. The largest absolute Gasteiger partial charge is 0.466 e. The molecule has 414 valence electrons. The minimum absolute atomic E-state index is 0.0515. The maximum atomic E-state index is 10.7. The van der Waals surface area contributed by atoms with Crippen molar-refractivity contribution in [2.24, 2.45) is 166 Å². The van der Waals surface area contributed by atoms with Crippen LogP contribution in [0.3, 0.4) is 0 Å². The lowest BCUT2D eigenvalue weighted by atomic mass is 9.67. The molecule has 0 saturated heterocycles. The fourth-order valence-electron chi connectivity index (χ4n) is 23.6. The number of aliphatic hydroxyl groups is 4. The third-order valence-corrected chi connectivity index (χ3v) is 26.6. The van der Waals surface area contributed by atoms with Crippen LogP contribution in [0, 0.1) is 166 Å². The van der Waals surface area contributed by atoms with E-state index in [1.165, 1.54) is 117 Å². The van der Waals surface area contributed by atoms with Crippen molar-refractivity contribution in [3.05, 3.63) is 0 Å². The Bertz CT molecular complexity index is 1860. The van der Waals surface area contributed by atoms with Gasteiger partial charge in [-0.05, 0) is 294 Å². The van der Waals surface area contributed by atoms with Gasteiger partial charge in [0.15, 0.2) is 0 Å². The second kappa shape index (κ2) is 21.8. The van der Waals surface area contributed by atoms with Gasteiger partial charge in [0.1, 0.15) is 6.10 Å². The maximum absolute atomic E-state index is 10.7. The van der Waals surface area contributed by atoms with Crippen LogP contribution in [0.25, 0.3) is 0 Å². The molecule has 0 amide bonds. The number of esters is 2. The zero-order chi connectivity index (χ0) is 51.3. The smallest absolute Gasteiger partial charge is 0.302 e. The van der Waals surface area contributed by atoms with Gasteiger partial charge in [0.2, 0.25) is 0 Å². The lowest BCUT2D eigenvalue weighted by Crippen LogP contribution is -2.37. The van der Waals surface area contributed by atoms with E-state index >= 15 is 0 Å². The van der Waals surface area contributed by atoms with Crippen LogP contribution >= 0.6 is 0 Å². The van der Waals surface area contributed by atoms with Gasteiger partial charge >= 0.3 is 11.9 Å². The van der Waals surface area contributed by atoms with Crippen molar-refractivity contribution < 1.29 is 39.5 Å². The van der Waals surface area contributed by atoms with E-state index in [2.05, 4.69) is 41.5 Å². The first kappa shape index (κ1) is 53.8. The monoisotopic (exact) mass is 1010 g/mol. The van der Waals surface area contributed by atoms with Crippen LogP contribution in [0.5, 0.6) is 0 Å². The van der Waals surface area contributed by atoms with E-state index in [4.69, 9.17) is 14.6 Å². The predicted molar refractivity (Wildman–Crippen MR) is 286 cm³/mol. The van der Waals surface area contributed by atoms with Gasteiger partial charge in [-0.15, -0.1) is 0 Å². The second-order valence-electron chi connectivity index (χ2n) is 30.3. The van der Waals surface area contributed by atoms with Crippen LogP contribution in [0.2, 0.25) is 0 Å². The van der Waals surface area contributed by atoms with Gasteiger partial charge in [-0.25, -0.2) is 0 Å². The molecule has 0 aromatic carbocycles. The molecule has 0 heterocycles. The second-order valence-corrected chi connectivity index (χ2v) is 30.3. The van der Waals surface area contributed by atoms with Crippen LogP contribution < -0.4 is 0 Å². The SMILES string of the molecule is CC(=O)OC1CC2CC1CC2C.CC(=O)OCC1CC2CC1CC2C.CC1CC2CC1C1C3CC(O)C(C3)C21.CC1CC2CC1C1CC(O)CC21.CC1CC2CC1CC2CO.CC1CCC2C3CC(CC3O)C12. The molecule has 16 saturated carbocycles. The molecule has 16 fully saturated rings. The number of hydrogen-bond donors (Lipinski definition) is 4. The molecule has 32 unspecified atom stereocenters. The minimum Gasteiger partial charge on any atom is -0.466 e. The normalized spacial score (nSPS) is 55.8. The Hall–Kier alpha value is -1.22. The highest BCUT2D eigenvalue weighted by atomic mass is 16.5. The molecule has 16 aliphatic carbocycles. The summed E-state index contributed by atoms with van der Waals surface area (Å²) in [6.07, 6.45) is 28.3. The van der Waals surface area contributed by atoms with Crippen molar-refractivity contribution in [3.8, 4) is 0 Å². The van der Waals surface area contributed by atoms with Crippen molar-refractivity contribution >= 4 is 11.9 Å². The fourth-order valence-corrected chi connectivity index (χ4v) is 23.6. The molecule has 0 aliphatic heterocycles. The summed E-state index contributed by atoms with van der Waals surface area (Å²) in [4.78, 5) is 21.4. The number of fused-ring (bicyclic) bond motifs is 25. The molecule has 8 nitrogen and oxygen atoms in total. The standard InChI is InChI=1S/C13H20O.C11H18O2.2C11H18O.C10H16O2.C9H16O/c1-6-2-7-3-9(6)12-8-4-10(13(7)12)11(14)5-8;1-7-3-10-4-9(7)5-11(10)6-13-8(2)12;1-6-2-7-3-9(6)11-5-8(12)4-10(7)11;1-6-2-3-8-9-4-7(11(6)8)5-10(9)12;1-6-3-9-4-8(6)5-10(9)12-7(2)11;1-6-2-8-3-7(6)4-9(8)5-10/h6-14H,2-5H2,1H3;7,9-11H,3-6H2,1-2H3;2*6-12H,2-5H2,1H3;6,8-10H,3-5H2,1-2H3;6-10H,2-5H2,1H3. The van der Waals surface area contributed by atoms with Crippen LogP contribution in [0.4, 0.5) is 0 Å². The Kier molecular flexibility index (Phi) is 16.0.